The van der Waals surface area contributed by atoms with Crippen LogP contribution in [0.4, 0.5) is 5.69 Å². The van der Waals surface area contributed by atoms with Crippen molar-refractivity contribution in [3.8, 4) is 0 Å². The maximum absolute atomic E-state index is 12.1. The van der Waals surface area contributed by atoms with Crippen LogP contribution in [0.15, 0.2) is 12.4 Å². The minimum absolute atomic E-state index is 0.0840. The maximum Gasteiger partial charge on any atom is 0.360 e. The first-order valence-corrected chi connectivity index (χ1v) is 7.47. The third-order valence-electron chi connectivity index (χ3n) is 3.19. The Morgan fingerprint density at radius 3 is 2.61 bits per heavy atom. The molecule has 0 aromatic carbocycles. The van der Waals surface area contributed by atoms with Gasteiger partial charge in [0.25, 0.3) is 0 Å². The number of carbonyl (C=O) groups excluding carboxylic acids is 2. The summed E-state index contributed by atoms with van der Waals surface area (Å²) in [5.41, 5.74) is 1.13. The van der Waals surface area contributed by atoms with E-state index in [0.717, 1.165) is 0 Å². The number of anilines is 1. The Bertz CT molecular complexity index is 703. The average molecular weight is 340 g/mol. The summed E-state index contributed by atoms with van der Waals surface area (Å²) in [7, 11) is 1.27. The van der Waals surface area contributed by atoms with Crippen LogP contribution in [0.3, 0.4) is 0 Å². The maximum atomic E-state index is 12.1. The van der Waals surface area contributed by atoms with Gasteiger partial charge in [0.2, 0.25) is 5.91 Å². The molecule has 1 amide bonds. The number of hydrogen-bond donors (Lipinski definition) is 1. The van der Waals surface area contributed by atoms with E-state index in [4.69, 9.17) is 11.6 Å². The van der Waals surface area contributed by atoms with Gasteiger partial charge in [-0.15, -0.1) is 0 Å². The van der Waals surface area contributed by atoms with E-state index in [-0.39, 0.29) is 18.0 Å². The second-order valence-corrected chi connectivity index (χ2v) is 5.27. The lowest BCUT2D eigenvalue weighted by Gasteiger charge is -2.04. The third kappa shape index (κ3) is 4.10. The van der Waals surface area contributed by atoms with Crippen LogP contribution in [0.5, 0.6) is 0 Å². The standard InChI is InChI=1S/C14H18ClN5O3/c1-4-19-8-11(13(18-19)14(22)23-3)16-12(21)5-6-20-7-10(15)9(2)17-20/h7-8H,4-6H2,1-3H3,(H,16,21). The van der Waals surface area contributed by atoms with E-state index in [1.54, 1.807) is 28.7 Å². The number of aryl methyl sites for hydroxylation is 3. The van der Waals surface area contributed by atoms with Crippen LogP contribution in [0.25, 0.3) is 0 Å². The lowest BCUT2D eigenvalue weighted by Crippen LogP contribution is -2.16. The Morgan fingerprint density at radius 2 is 2.04 bits per heavy atom. The molecule has 23 heavy (non-hydrogen) atoms. The first-order valence-electron chi connectivity index (χ1n) is 7.09. The summed E-state index contributed by atoms with van der Waals surface area (Å²) in [6.07, 6.45) is 3.45. The van der Waals surface area contributed by atoms with Crippen LogP contribution in [-0.2, 0) is 22.6 Å². The van der Waals surface area contributed by atoms with Crippen LogP contribution >= 0.6 is 11.6 Å². The summed E-state index contributed by atoms with van der Waals surface area (Å²) in [5, 5.41) is 11.5. The SMILES string of the molecule is CCn1cc(NC(=O)CCn2cc(Cl)c(C)n2)c(C(=O)OC)n1. The van der Waals surface area contributed by atoms with E-state index >= 15 is 0 Å². The number of ether oxygens (including phenoxy) is 1. The highest BCUT2D eigenvalue weighted by atomic mass is 35.5. The van der Waals surface area contributed by atoms with Gasteiger partial charge in [0, 0.05) is 31.9 Å². The molecule has 124 valence electrons. The van der Waals surface area contributed by atoms with E-state index in [0.29, 0.717) is 29.5 Å². The van der Waals surface area contributed by atoms with Gasteiger partial charge < -0.3 is 10.1 Å². The Labute approximate surface area is 138 Å². The molecule has 0 bridgehead atoms. The molecule has 9 heteroatoms. The number of aromatic nitrogens is 4. The van der Waals surface area contributed by atoms with E-state index in [1.807, 2.05) is 6.92 Å². The van der Waals surface area contributed by atoms with Crippen molar-refractivity contribution in [2.24, 2.45) is 0 Å². The van der Waals surface area contributed by atoms with E-state index in [9.17, 15) is 9.59 Å². The number of esters is 1. The van der Waals surface area contributed by atoms with Crippen molar-refractivity contribution >= 4 is 29.2 Å². The fourth-order valence-electron chi connectivity index (χ4n) is 1.96. The van der Waals surface area contributed by atoms with Gasteiger partial charge in [-0.25, -0.2) is 4.79 Å². The largest absolute Gasteiger partial charge is 0.464 e. The van der Waals surface area contributed by atoms with Gasteiger partial charge >= 0.3 is 5.97 Å². The average Bonchev–Trinajstić information content (AvgIpc) is 3.08. The van der Waals surface area contributed by atoms with Crippen molar-refractivity contribution in [2.75, 3.05) is 12.4 Å². The molecule has 2 aromatic heterocycles. The van der Waals surface area contributed by atoms with Gasteiger partial charge in [0.1, 0.15) is 0 Å². The fourth-order valence-corrected chi connectivity index (χ4v) is 2.11. The highest BCUT2D eigenvalue weighted by molar-refractivity contribution is 6.31. The molecule has 0 aliphatic rings. The molecule has 2 heterocycles. The fraction of sp³-hybridized carbons (Fsp3) is 0.429. The van der Waals surface area contributed by atoms with Gasteiger partial charge in [-0.3, -0.25) is 14.2 Å². The molecule has 0 fully saturated rings. The first-order chi connectivity index (χ1) is 10.9. The van der Waals surface area contributed by atoms with E-state index in [2.05, 4.69) is 20.3 Å². The highest BCUT2D eigenvalue weighted by Crippen LogP contribution is 2.16. The Morgan fingerprint density at radius 1 is 1.30 bits per heavy atom. The lowest BCUT2D eigenvalue weighted by atomic mass is 10.3. The van der Waals surface area contributed by atoms with Crippen LogP contribution in [-0.4, -0.2) is 38.5 Å². The number of rotatable bonds is 6. The quantitative estimate of drug-likeness (QED) is 0.811. The zero-order chi connectivity index (χ0) is 17.0. The van der Waals surface area contributed by atoms with E-state index < -0.39 is 5.97 Å². The smallest absolute Gasteiger partial charge is 0.360 e. The second kappa shape index (κ2) is 7.28. The second-order valence-electron chi connectivity index (χ2n) is 4.86. The molecule has 0 atom stereocenters. The third-order valence-corrected chi connectivity index (χ3v) is 3.56. The number of amides is 1. The molecular formula is C14H18ClN5O3. The number of methoxy groups -OCH3 is 1. The predicted octanol–water partition coefficient (Wildman–Crippen LogP) is 1.88. The number of hydrogen-bond acceptors (Lipinski definition) is 5. The number of halogens is 1. The molecule has 8 nitrogen and oxygen atoms in total. The van der Waals surface area contributed by atoms with Gasteiger partial charge in [0.05, 0.1) is 23.5 Å². The number of nitrogens with zero attached hydrogens (tertiary/aromatic N) is 4. The summed E-state index contributed by atoms with van der Waals surface area (Å²) in [5.74, 6) is -0.850. The number of carbonyl (C=O) groups is 2. The van der Waals surface area contributed by atoms with Crippen LogP contribution in [0, 0.1) is 6.92 Å². The monoisotopic (exact) mass is 339 g/mol. The molecule has 0 saturated heterocycles. The molecule has 0 spiro atoms. The van der Waals surface area contributed by atoms with Crippen molar-refractivity contribution in [3.63, 3.8) is 0 Å². The molecule has 0 unspecified atom stereocenters. The van der Waals surface area contributed by atoms with Crippen LogP contribution in [0.2, 0.25) is 5.02 Å². The van der Waals surface area contributed by atoms with Gasteiger partial charge in [0.15, 0.2) is 5.69 Å². The zero-order valence-electron chi connectivity index (χ0n) is 13.2. The van der Waals surface area contributed by atoms with Crippen molar-refractivity contribution in [3.05, 3.63) is 28.8 Å². The summed E-state index contributed by atoms with van der Waals surface area (Å²) >= 11 is 5.92. The topological polar surface area (TPSA) is 91.0 Å². The molecule has 2 rings (SSSR count). The van der Waals surface area contributed by atoms with Crippen molar-refractivity contribution in [2.45, 2.75) is 33.4 Å². The summed E-state index contributed by atoms with van der Waals surface area (Å²) in [6, 6.07) is 0. The molecule has 1 N–H and O–H groups in total. The summed E-state index contributed by atoms with van der Waals surface area (Å²) in [4.78, 5) is 23.8. The normalized spacial score (nSPS) is 10.6. The molecule has 2 aromatic rings. The zero-order valence-corrected chi connectivity index (χ0v) is 13.9. The number of nitrogens with one attached hydrogen (secondary N) is 1. The summed E-state index contributed by atoms with van der Waals surface area (Å²) < 4.78 is 7.83. The lowest BCUT2D eigenvalue weighted by molar-refractivity contribution is -0.116. The molecule has 0 aliphatic carbocycles. The molecule has 0 aliphatic heterocycles. The van der Waals surface area contributed by atoms with Crippen LogP contribution in [0.1, 0.15) is 29.5 Å². The van der Waals surface area contributed by atoms with Crippen molar-refractivity contribution in [1.82, 2.24) is 19.6 Å². The minimum atomic E-state index is -0.595. The first kappa shape index (κ1) is 17.0. The Kier molecular flexibility index (Phi) is 5.38. The van der Waals surface area contributed by atoms with Gasteiger partial charge in [-0.05, 0) is 13.8 Å². The van der Waals surface area contributed by atoms with Gasteiger partial charge in [-0.1, -0.05) is 11.6 Å². The molecule has 0 saturated carbocycles. The van der Waals surface area contributed by atoms with Crippen molar-refractivity contribution < 1.29 is 14.3 Å². The van der Waals surface area contributed by atoms with Gasteiger partial charge in [-0.2, -0.15) is 10.2 Å². The van der Waals surface area contributed by atoms with Crippen LogP contribution < -0.4 is 5.32 Å². The van der Waals surface area contributed by atoms with E-state index in [1.165, 1.54) is 7.11 Å². The molecule has 0 radical (unpaired) electrons. The van der Waals surface area contributed by atoms with Crippen molar-refractivity contribution in [1.29, 1.82) is 0 Å². The Hall–Kier alpha value is -2.35. The minimum Gasteiger partial charge on any atom is -0.464 e. The summed E-state index contributed by atoms with van der Waals surface area (Å²) in [6.45, 7) is 4.63. The Balaban J connectivity index is 2.02. The highest BCUT2D eigenvalue weighted by Gasteiger charge is 2.19. The molecular weight excluding hydrogens is 322 g/mol. The predicted molar refractivity (Wildman–Crippen MR) is 84.5 cm³/mol.